The van der Waals surface area contributed by atoms with Crippen LogP contribution in [0.2, 0.25) is 0 Å². The summed E-state index contributed by atoms with van der Waals surface area (Å²) < 4.78 is 0. The third-order valence-corrected chi connectivity index (χ3v) is 12.7. The first kappa shape index (κ1) is 35.2. The topological polar surface area (TPSA) is 24.9 Å². The molecule has 0 saturated heterocycles. The summed E-state index contributed by atoms with van der Waals surface area (Å²) in [5.74, 6) is 1.14. The van der Waals surface area contributed by atoms with Crippen molar-refractivity contribution in [3.63, 3.8) is 0 Å². The van der Waals surface area contributed by atoms with Gasteiger partial charge in [-0.15, -0.1) is 0 Å². The normalized spacial score (nSPS) is 20.4. The number of benzene rings is 5. The van der Waals surface area contributed by atoms with E-state index in [1.807, 2.05) is 0 Å². The molecule has 1 aliphatic heterocycles. The van der Waals surface area contributed by atoms with Crippen LogP contribution in [0.1, 0.15) is 108 Å². The number of pyridine rings is 1. The average Bonchev–Trinajstić information content (AvgIpc) is 3.51. The summed E-state index contributed by atoms with van der Waals surface area (Å²) in [4.78, 5) is 5.38. The number of rotatable bonds is 7. The summed E-state index contributed by atoms with van der Waals surface area (Å²) in [6.45, 7) is 4.58. The van der Waals surface area contributed by atoms with Crippen molar-refractivity contribution >= 4 is 40.4 Å². The molecule has 6 aromatic rings. The molecule has 3 aliphatic carbocycles. The van der Waals surface area contributed by atoms with Gasteiger partial charge in [0.05, 0.1) is 17.3 Å². The lowest BCUT2D eigenvalue weighted by Gasteiger charge is -2.31. The first-order valence-corrected chi connectivity index (χ1v) is 20.9. The Bertz CT molecular complexity index is 2720. The van der Waals surface area contributed by atoms with Crippen molar-refractivity contribution in [1.29, 1.82) is 0 Å². The second-order valence-electron chi connectivity index (χ2n) is 16.0. The van der Waals surface area contributed by atoms with Gasteiger partial charge in [-0.2, -0.15) is 0 Å². The van der Waals surface area contributed by atoms with Gasteiger partial charge in [0.1, 0.15) is 0 Å². The Morgan fingerprint density at radius 3 is 2.33 bits per heavy atom. The molecule has 3 unspecified atom stereocenters. The smallest absolute Gasteiger partial charge is 0.0753 e. The first-order valence-electron chi connectivity index (χ1n) is 20.9. The van der Waals surface area contributed by atoms with Crippen LogP contribution in [0.25, 0.3) is 57.1 Å². The molecule has 4 aliphatic rings. The molecule has 5 aromatic carbocycles. The highest BCUT2D eigenvalue weighted by Crippen LogP contribution is 2.45. The molecular weight excluding hydrogens is 689 g/mol. The Morgan fingerprint density at radius 1 is 0.614 bits per heavy atom. The number of fused-ring (bicyclic) bond motifs is 6. The van der Waals surface area contributed by atoms with Gasteiger partial charge in [-0.3, -0.25) is 0 Å². The maximum Gasteiger partial charge on any atom is 0.0753 e. The molecule has 0 saturated carbocycles. The summed E-state index contributed by atoms with van der Waals surface area (Å²) in [5.41, 5.74) is 19.0. The van der Waals surface area contributed by atoms with Gasteiger partial charge in [-0.1, -0.05) is 178 Å². The van der Waals surface area contributed by atoms with Crippen molar-refractivity contribution in [3.05, 3.63) is 202 Å². The van der Waals surface area contributed by atoms with Gasteiger partial charge in [-0.25, -0.2) is 4.98 Å². The lowest BCUT2D eigenvalue weighted by Crippen LogP contribution is -2.17. The fourth-order valence-corrected chi connectivity index (χ4v) is 9.72. The molecule has 57 heavy (non-hydrogen) atoms. The van der Waals surface area contributed by atoms with E-state index in [9.17, 15) is 0 Å². The van der Waals surface area contributed by atoms with Crippen LogP contribution in [0.3, 0.4) is 0 Å². The monoisotopic (exact) mass is 736 g/mol. The average molecular weight is 737 g/mol. The van der Waals surface area contributed by atoms with Crippen LogP contribution >= 0.6 is 0 Å². The number of nitrogens with one attached hydrogen (secondary N) is 1. The molecule has 0 radical (unpaired) electrons. The Morgan fingerprint density at radius 2 is 1.42 bits per heavy atom. The van der Waals surface area contributed by atoms with E-state index < -0.39 is 0 Å². The number of nitrogens with zero attached hydrogens (tertiary/aromatic N) is 1. The lowest BCUT2D eigenvalue weighted by molar-refractivity contribution is 0.668. The van der Waals surface area contributed by atoms with Crippen LogP contribution in [0.5, 0.6) is 0 Å². The minimum atomic E-state index is 0.119. The lowest BCUT2D eigenvalue weighted by atomic mass is 9.78. The molecule has 0 bridgehead atoms. The highest BCUT2D eigenvalue weighted by atomic mass is 14.9. The SMILES string of the molecule is CCC1CC=Cc2ccc3c(c21)NC(c1cccc(C2CC=CC=C2c2ccccc2-c2cccc(-c4ccc5ccc6c(c5n4)[C@@H](CC)C=CC=C6)c2)c1)C=C3. The van der Waals surface area contributed by atoms with Crippen LogP contribution in [0, 0.1) is 0 Å². The Kier molecular flexibility index (Phi) is 9.27. The summed E-state index contributed by atoms with van der Waals surface area (Å²) in [6.07, 6.45) is 29.3. The van der Waals surface area contributed by atoms with E-state index in [2.05, 4.69) is 195 Å². The van der Waals surface area contributed by atoms with Crippen LogP contribution in [-0.4, -0.2) is 4.98 Å². The minimum absolute atomic E-state index is 0.119. The van der Waals surface area contributed by atoms with Crippen LogP contribution in [0.4, 0.5) is 5.69 Å². The van der Waals surface area contributed by atoms with E-state index in [0.717, 1.165) is 42.5 Å². The van der Waals surface area contributed by atoms with Crippen LogP contribution in [-0.2, 0) is 0 Å². The molecule has 2 nitrogen and oxygen atoms in total. The highest BCUT2D eigenvalue weighted by molar-refractivity contribution is 5.90. The number of hydrogen-bond acceptors (Lipinski definition) is 2. The standard InChI is InChI=1S/C55H48N2/c1-3-36-14-5-6-15-38-26-28-40-30-32-50(56-54(40)52(36)38)44-20-12-18-42(34-44)46-22-7-9-24-48(46)49-25-10-8-23-47(49)43-19-13-21-45(35-43)51-33-31-41-29-27-39-17-11-16-37(4-2)53(39)55(41)57-51/h5-15,17-22,24-37,47,51,57H,3-4,16,23H2,1-2H3/t36-,37?,47?,51?/m0/s1. The molecule has 0 amide bonds. The van der Waals surface area contributed by atoms with E-state index in [1.165, 1.54) is 72.3 Å². The van der Waals surface area contributed by atoms with E-state index >= 15 is 0 Å². The third kappa shape index (κ3) is 6.44. The first-order chi connectivity index (χ1) is 28.2. The zero-order valence-corrected chi connectivity index (χ0v) is 32.8. The van der Waals surface area contributed by atoms with Gasteiger partial charge in [-0.05, 0) is 105 Å². The van der Waals surface area contributed by atoms with Gasteiger partial charge in [0.25, 0.3) is 0 Å². The summed E-state index contributed by atoms with van der Waals surface area (Å²) in [6, 6.07) is 40.8. The Hall–Kier alpha value is -6.25. The molecule has 0 spiro atoms. The highest BCUT2D eigenvalue weighted by Gasteiger charge is 2.27. The molecule has 278 valence electrons. The zero-order chi connectivity index (χ0) is 38.3. The Balaban J connectivity index is 0.980. The molecule has 1 N–H and O–H groups in total. The molecule has 10 rings (SSSR count). The molecular formula is C55H48N2. The molecule has 0 fully saturated rings. The number of aromatic nitrogens is 1. The van der Waals surface area contributed by atoms with Crippen molar-refractivity contribution in [3.8, 4) is 22.4 Å². The van der Waals surface area contributed by atoms with Crippen molar-refractivity contribution < 1.29 is 0 Å². The van der Waals surface area contributed by atoms with Crippen molar-refractivity contribution in [1.82, 2.24) is 4.98 Å². The zero-order valence-electron chi connectivity index (χ0n) is 32.8. The fraction of sp³-hybridized carbons (Fsp3) is 0.182. The fourth-order valence-electron chi connectivity index (χ4n) is 9.72. The molecule has 2 heterocycles. The van der Waals surface area contributed by atoms with Crippen LogP contribution < -0.4 is 5.32 Å². The molecule has 2 heteroatoms. The van der Waals surface area contributed by atoms with E-state index in [0.29, 0.717) is 11.8 Å². The van der Waals surface area contributed by atoms with Gasteiger partial charge >= 0.3 is 0 Å². The Labute approximate surface area is 337 Å². The second-order valence-corrected chi connectivity index (χ2v) is 16.0. The largest absolute Gasteiger partial charge is 0.374 e. The number of allylic oxidation sites excluding steroid dienone is 8. The van der Waals surface area contributed by atoms with E-state index in [-0.39, 0.29) is 12.0 Å². The minimum Gasteiger partial charge on any atom is -0.374 e. The van der Waals surface area contributed by atoms with Crippen molar-refractivity contribution in [2.75, 3.05) is 5.32 Å². The van der Waals surface area contributed by atoms with Gasteiger partial charge < -0.3 is 5.32 Å². The quantitative estimate of drug-likeness (QED) is 0.177. The van der Waals surface area contributed by atoms with E-state index in [1.54, 1.807) is 0 Å². The predicted octanol–water partition coefficient (Wildman–Crippen LogP) is 14.9. The van der Waals surface area contributed by atoms with Gasteiger partial charge in [0.2, 0.25) is 0 Å². The maximum absolute atomic E-state index is 5.38. The maximum atomic E-state index is 5.38. The number of hydrogen-bond donors (Lipinski definition) is 1. The van der Waals surface area contributed by atoms with E-state index in [4.69, 9.17) is 4.98 Å². The second kappa shape index (κ2) is 15.0. The summed E-state index contributed by atoms with van der Waals surface area (Å²) in [5, 5.41) is 5.19. The van der Waals surface area contributed by atoms with Crippen molar-refractivity contribution in [2.24, 2.45) is 0 Å². The molecule has 4 atom stereocenters. The predicted molar refractivity (Wildman–Crippen MR) is 243 cm³/mol. The van der Waals surface area contributed by atoms with Gasteiger partial charge in [0.15, 0.2) is 0 Å². The molecule has 1 aromatic heterocycles. The summed E-state index contributed by atoms with van der Waals surface area (Å²) in [7, 11) is 0. The summed E-state index contributed by atoms with van der Waals surface area (Å²) >= 11 is 0. The number of anilines is 1. The van der Waals surface area contributed by atoms with Crippen molar-refractivity contribution in [2.45, 2.75) is 63.3 Å². The van der Waals surface area contributed by atoms with Crippen LogP contribution in [0.15, 0.2) is 158 Å². The third-order valence-electron chi connectivity index (χ3n) is 12.7. The van der Waals surface area contributed by atoms with Gasteiger partial charge in [0, 0.05) is 28.5 Å².